The Morgan fingerprint density at radius 2 is 1.24 bits per heavy atom. The van der Waals surface area contributed by atoms with E-state index in [2.05, 4.69) is 20.8 Å². The van der Waals surface area contributed by atoms with Gasteiger partial charge in [-0.2, -0.15) is 0 Å². The fourth-order valence-electron chi connectivity index (χ4n) is 4.76. The molecule has 0 aromatic heterocycles. The van der Waals surface area contributed by atoms with Crippen LogP contribution in [-0.4, -0.2) is 0 Å². The molecule has 3 atom stereocenters. The van der Waals surface area contributed by atoms with E-state index < -0.39 is 0 Å². The van der Waals surface area contributed by atoms with Gasteiger partial charge in [0, 0.05) is 0 Å². The van der Waals surface area contributed by atoms with E-state index in [9.17, 15) is 0 Å². The van der Waals surface area contributed by atoms with Crippen molar-refractivity contribution in [3.8, 4) is 0 Å². The van der Waals surface area contributed by atoms with Crippen LogP contribution < -0.4 is 0 Å². The predicted molar refractivity (Wildman–Crippen MR) is 119 cm³/mol. The Hall–Kier alpha value is 0. The molecule has 0 aromatic carbocycles. The topological polar surface area (TPSA) is 0 Å². The highest BCUT2D eigenvalue weighted by Crippen LogP contribution is 2.43. The normalized spacial score (nSPS) is 21.0. The molecule has 0 heterocycles. The van der Waals surface area contributed by atoms with E-state index in [4.69, 9.17) is 0 Å². The van der Waals surface area contributed by atoms with Gasteiger partial charge in [0.1, 0.15) is 0 Å². The van der Waals surface area contributed by atoms with E-state index in [-0.39, 0.29) is 0 Å². The first-order chi connectivity index (χ1) is 12.2. The summed E-state index contributed by atoms with van der Waals surface area (Å²) in [5.74, 6) is 5.12. The monoisotopic (exact) mass is 354 g/mol. The third-order valence-corrected chi connectivity index (χ3v) is 6.37. The van der Waals surface area contributed by atoms with Crippen molar-refractivity contribution >= 4 is 0 Å². The van der Waals surface area contributed by atoms with Gasteiger partial charge in [-0.1, -0.05) is 127 Å². The van der Waals surface area contributed by atoms with Crippen molar-refractivity contribution in [1.29, 1.82) is 0 Å². The highest BCUT2D eigenvalue weighted by molar-refractivity contribution is 4.83. The molecule has 2 aliphatic rings. The maximum Gasteiger partial charge on any atom is -0.0357 e. The summed E-state index contributed by atoms with van der Waals surface area (Å²) in [5, 5.41) is 0. The molecule has 2 fully saturated rings. The molecule has 0 saturated heterocycles. The van der Waals surface area contributed by atoms with Crippen molar-refractivity contribution in [2.24, 2.45) is 29.6 Å². The van der Waals surface area contributed by atoms with E-state index >= 15 is 0 Å². The van der Waals surface area contributed by atoms with Crippen LogP contribution in [0.1, 0.15) is 133 Å². The highest BCUT2D eigenvalue weighted by Gasteiger charge is 2.33. The minimum atomic E-state index is 0.961. The van der Waals surface area contributed by atoms with Crippen molar-refractivity contribution < 1.29 is 0 Å². The van der Waals surface area contributed by atoms with Crippen molar-refractivity contribution in [2.45, 2.75) is 133 Å². The van der Waals surface area contributed by atoms with Crippen molar-refractivity contribution in [3.63, 3.8) is 0 Å². The Kier molecular flexibility index (Phi) is 20.4. The fourth-order valence-corrected chi connectivity index (χ4v) is 4.76. The number of hydrogen-bond acceptors (Lipinski definition) is 0. The van der Waals surface area contributed by atoms with Gasteiger partial charge in [0.05, 0.1) is 0 Å². The number of hydrogen-bond donors (Lipinski definition) is 0. The second kappa shape index (κ2) is 18.8. The zero-order chi connectivity index (χ0) is 19.7. The first kappa shape index (κ1) is 27.2. The lowest BCUT2D eigenvalue weighted by atomic mass is 9.65. The van der Waals surface area contributed by atoms with Crippen molar-refractivity contribution in [1.82, 2.24) is 0 Å². The molecule has 154 valence electrons. The largest absolute Gasteiger partial charge is 0.0683 e. The Morgan fingerprint density at radius 3 is 1.64 bits per heavy atom. The molecule has 0 radical (unpaired) electrons. The molecule has 0 aliphatic heterocycles. The molecule has 0 amide bonds. The zero-order valence-electron chi connectivity index (χ0n) is 19.7. The smallest absolute Gasteiger partial charge is 0.0357 e. The molecule has 0 spiro atoms. The highest BCUT2D eigenvalue weighted by atomic mass is 14.4. The minimum absolute atomic E-state index is 0.961. The standard InChI is InChI=1S/C19H36.3C2H6/c1-4-9-15(2)19(14-17-10-8-11-17)16(3)18-12-6-5-7-13-18;3*1-2/h15-19H,4-14H2,1-3H3;3*1-2H3. The molecule has 2 aliphatic carbocycles. The Labute approximate surface area is 163 Å². The third-order valence-electron chi connectivity index (χ3n) is 6.37. The lowest BCUT2D eigenvalue weighted by Gasteiger charge is -2.40. The molecule has 25 heavy (non-hydrogen) atoms. The van der Waals surface area contributed by atoms with Crippen molar-refractivity contribution in [3.05, 3.63) is 0 Å². The van der Waals surface area contributed by atoms with Gasteiger partial charge in [-0.3, -0.25) is 0 Å². The second-order valence-electron chi connectivity index (χ2n) is 7.72. The lowest BCUT2D eigenvalue weighted by Crippen LogP contribution is -2.30. The summed E-state index contributed by atoms with van der Waals surface area (Å²) in [6, 6.07) is 0. The van der Waals surface area contributed by atoms with Gasteiger partial charge in [-0.05, 0) is 36.0 Å². The summed E-state index contributed by atoms with van der Waals surface area (Å²) in [5.41, 5.74) is 0. The zero-order valence-corrected chi connectivity index (χ0v) is 19.7. The van der Waals surface area contributed by atoms with E-state index in [0.29, 0.717) is 0 Å². The number of rotatable bonds is 7. The molecule has 0 nitrogen and oxygen atoms in total. The van der Waals surface area contributed by atoms with Gasteiger partial charge in [-0.25, -0.2) is 0 Å². The molecule has 0 heteroatoms. The molecule has 0 bridgehead atoms. The van der Waals surface area contributed by atoms with Gasteiger partial charge in [0.2, 0.25) is 0 Å². The quantitative estimate of drug-likeness (QED) is 0.427. The molecule has 2 saturated carbocycles. The van der Waals surface area contributed by atoms with Crippen LogP contribution in [0.15, 0.2) is 0 Å². The van der Waals surface area contributed by atoms with Gasteiger partial charge in [0.15, 0.2) is 0 Å². The third kappa shape index (κ3) is 10.7. The summed E-state index contributed by atoms with van der Waals surface area (Å²) in [4.78, 5) is 0. The Balaban J connectivity index is 0. The first-order valence-electron chi connectivity index (χ1n) is 12.2. The van der Waals surface area contributed by atoms with Gasteiger partial charge in [0.25, 0.3) is 0 Å². The second-order valence-corrected chi connectivity index (χ2v) is 7.72. The van der Waals surface area contributed by atoms with Gasteiger partial charge < -0.3 is 0 Å². The van der Waals surface area contributed by atoms with Crippen LogP contribution >= 0.6 is 0 Å². The maximum absolute atomic E-state index is 2.60. The van der Waals surface area contributed by atoms with Crippen LogP contribution in [0.3, 0.4) is 0 Å². The summed E-state index contributed by atoms with van der Waals surface area (Å²) in [6.07, 6.45) is 16.5. The average Bonchev–Trinajstić information content (AvgIpc) is 2.66. The van der Waals surface area contributed by atoms with Crippen LogP contribution in [0.4, 0.5) is 0 Å². The molecule has 3 unspecified atom stereocenters. The van der Waals surface area contributed by atoms with E-state index in [1.807, 2.05) is 41.5 Å². The first-order valence-corrected chi connectivity index (χ1v) is 12.2. The van der Waals surface area contributed by atoms with E-state index in [1.54, 1.807) is 6.42 Å². The molecular formula is C25H54. The van der Waals surface area contributed by atoms with Crippen LogP contribution in [0, 0.1) is 29.6 Å². The van der Waals surface area contributed by atoms with Crippen LogP contribution in [0.25, 0.3) is 0 Å². The molecule has 0 N–H and O–H groups in total. The molecule has 2 rings (SSSR count). The lowest BCUT2D eigenvalue weighted by molar-refractivity contribution is 0.102. The minimum Gasteiger partial charge on any atom is -0.0683 e. The summed E-state index contributed by atoms with van der Waals surface area (Å²) in [7, 11) is 0. The fraction of sp³-hybridized carbons (Fsp3) is 1.00. The summed E-state index contributed by atoms with van der Waals surface area (Å²) in [6.45, 7) is 19.5. The molecular weight excluding hydrogens is 300 g/mol. The van der Waals surface area contributed by atoms with Crippen LogP contribution in [-0.2, 0) is 0 Å². The van der Waals surface area contributed by atoms with E-state index in [0.717, 1.165) is 29.6 Å². The van der Waals surface area contributed by atoms with Crippen LogP contribution in [0.5, 0.6) is 0 Å². The average molecular weight is 355 g/mol. The van der Waals surface area contributed by atoms with Crippen LogP contribution in [0.2, 0.25) is 0 Å². The molecule has 0 aromatic rings. The Morgan fingerprint density at radius 1 is 0.720 bits per heavy atom. The van der Waals surface area contributed by atoms with Gasteiger partial charge >= 0.3 is 0 Å². The summed E-state index contributed by atoms with van der Waals surface area (Å²) < 4.78 is 0. The summed E-state index contributed by atoms with van der Waals surface area (Å²) >= 11 is 0. The SMILES string of the molecule is CC.CC.CC.CCCC(C)C(CC1CCC1)C(C)C1CCCCC1. The predicted octanol–water partition coefficient (Wildman–Crippen LogP) is 9.52. The Bertz CT molecular complexity index is 234. The maximum atomic E-state index is 2.60. The van der Waals surface area contributed by atoms with Crippen molar-refractivity contribution in [2.75, 3.05) is 0 Å². The van der Waals surface area contributed by atoms with Gasteiger partial charge in [-0.15, -0.1) is 0 Å². The van der Waals surface area contributed by atoms with E-state index in [1.165, 1.54) is 64.2 Å².